The second-order valence-corrected chi connectivity index (χ2v) is 5.86. The van der Waals surface area contributed by atoms with Crippen molar-refractivity contribution in [3.63, 3.8) is 0 Å². The zero-order valence-corrected chi connectivity index (χ0v) is 7.80. The molecule has 0 aliphatic rings. The molecule has 0 saturated carbocycles. The van der Waals surface area contributed by atoms with Crippen molar-refractivity contribution in [3.05, 3.63) is 0 Å². The van der Waals surface area contributed by atoms with Gasteiger partial charge < -0.3 is 0 Å². The van der Waals surface area contributed by atoms with Gasteiger partial charge in [-0.25, -0.2) is 4.78 Å². The van der Waals surface area contributed by atoms with Crippen LogP contribution in [-0.2, 0) is 31.1 Å². The minimum atomic E-state index is -6.45. The molecule has 0 aromatic rings. The summed E-state index contributed by atoms with van der Waals surface area (Å²) in [7, 11) is -19.0. The molecule has 13 heteroatoms. The minimum Gasteiger partial charge on any atom is -0.211 e. The summed E-state index contributed by atoms with van der Waals surface area (Å²) in [6, 6.07) is 0. The number of rotatable bonds is 3. The van der Waals surface area contributed by atoms with E-state index in [0.717, 1.165) is 0 Å². The molecule has 0 rings (SSSR count). The van der Waals surface area contributed by atoms with Gasteiger partial charge in [0, 0.05) is 0 Å². The van der Waals surface area contributed by atoms with Crippen molar-refractivity contribution in [2.24, 2.45) is 0 Å². The summed E-state index contributed by atoms with van der Waals surface area (Å²) < 4.78 is 87.7. The second-order valence-electron chi connectivity index (χ2n) is 1.51. The number of nitrogens with zero attached hydrogens (tertiary/aromatic N) is 1. The summed E-state index contributed by atoms with van der Waals surface area (Å²) >= 11 is 0. The highest BCUT2D eigenvalue weighted by Crippen LogP contribution is 2.19. The van der Waals surface area contributed by atoms with Crippen LogP contribution in [0.3, 0.4) is 0 Å². The van der Waals surface area contributed by atoms with Crippen LogP contribution in [0.15, 0.2) is 0 Å². The third-order valence-electron chi connectivity index (χ3n) is 0.548. The fourth-order valence-electron chi connectivity index (χ4n) is 0.335. The lowest BCUT2D eigenvalue weighted by atomic mass is 13.8. The molecule has 0 amide bonds. The first-order valence-electron chi connectivity index (χ1n) is 2.05. The molecule has 0 aromatic carbocycles. The maximum atomic E-state index is 11.9. The lowest BCUT2D eigenvalue weighted by molar-refractivity contribution is 0.487. The molecule has 0 aliphatic heterocycles. The third-order valence-corrected chi connectivity index (χ3v) is 4.93. The van der Waals surface area contributed by atoms with E-state index in [1.54, 1.807) is 0 Å². The predicted octanol–water partition coefficient (Wildman–Crippen LogP) is -0.437. The molecule has 1 N–H and O–H groups in total. The minimum absolute atomic E-state index is 2.30. The van der Waals surface area contributed by atoms with E-state index in [9.17, 15) is 32.7 Å². The normalized spacial score (nSPS) is 18.5. The van der Waals surface area contributed by atoms with E-state index < -0.39 is 34.2 Å². The molecule has 0 spiro atoms. The summed E-state index contributed by atoms with van der Waals surface area (Å²) in [5, 5.41) is 0. The van der Waals surface area contributed by atoms with Crippen LogP contribution in [0.4, 0.5) is 11.7 Å². The Morgan fingerprint density at radius 2 is 1.08 bits per heavy atom. The van der Waals surface area contributed by atoms with Crippen molar-refractivity contribution in [2.45, 2.75) is 0 Å². The Morgan fingerprint density at radius 3 is 1.08 bits per heavy atom. The highest BCUT2D eigenvalue weighted by Gasteiger charge is 2.43. The summed E-state index contributed by atoms with van der Waals surface area (Å²) in [5.41, 5.74) is 0. The van der Waals surface area contributed by atoms with Gasteiger partial charge in [-0.2, -0.15) is 21.0 Å². The van der Waals surface area contributed by atoms with Crippen molar-refractivity contribution < 1.29 is 32.7 Å². The van der Waals surface area contributed by atoms with Crippen LogP contribution in [0, 0.1) is 4.78 Å². The van der Waals surface area contributed by atoms with Crippen LogP contribution in [0.25, 0.3) is 0 Å². The van der Waals surface area contributed by atoms with E-state index in [4.69, 9.17) is 4.78 Å². The molecule has 0 heterocycles. The van der Waals surface area contributed by atoms with E-state index in [-0.39, 0.29) is 0 Å². The first kappa shape index (κ1) is 12.6. The Morgan fingerprint density at radius 1 is 0.846 bits per heavy atom. The Balaban J connectivity index is 5.87. The third kappa shape index (κ3) is 3.45. The molecule has 0 saturated heterocycles. The fraction of sp³-hybridized carbons (Fsp3) is 0. The molecule has 7 nitrogen and oxygen atoms in total. The zero-order valence-electron chi connectivity index (χ0n) is 5.35. The molecule has 0 aromatic heterocycles. The second kappa shape index (κ2) is 3.07. The predicted molar refractivity (Wildman–Crippen MR) is 33.9 cm³/mol. The molecule has 1 atom stereocenters. The molecule has 0 aliphatic carbocycles. The Bertz CT molecular complexity index is 407. The standard InChI is InChI=1S/F3HN2O5S3/c1-11(4,6)5(12(2,7)8)13(3,9)10/h4H. The summed E-state index contributed by atoms with van der Waals surface area (Å²) in [4.78, 5) is 0. The van der Waals surface area contributed by atoms with Crippen LogP contribution in [-0.4, -0.2) is 24.2 Å². The maximum Gasteiger partial charge on any atom is 0.404 e. The number of halogens is 3. The highest BCUT2D eigenvalue weighted by molar-refractivity contribution is 8.13. The smallest absolute Gasteiger partial charge is 0.211 e. The van der Waals surface area contributed by atoms with Gasteiger partial charge in [0.25, 0.3) is 10.3 Å². The van der Waals surface area contributed by atoms with Crippen molar-refractivity contribution in [3.8, 4) is 0 Å². The summed E-state index contributed by atoms with van der Waals surface area (Å²) in [5.74, 6) is 0. The largest absolute Gasteiger partial charge is 0.404 e. The van der Waals surface area contributed by atoms with E-state index in [2.05, 4.69) is 0 Å². The average molecular weight is 262 g/mol. The highest BCUT2D eigenvalue weighted by atomic mass is 32.4. The van der Waals surface area contributed by atoms with Gasteiger partial charge in [-0.15, -0.1) is 3.89 Å². The lowest BCUT2D eigenvalue weighted by Gasteiger charge is -2.07. The number of hydrogen-bond acceptors (Lipinski definition) is 6. The van der Waals surface area contributed by atoms with Gasteiger partial charge in [0.05, 0.1) is 3.12 Å². The topological polar surface area (TPSA) is 112 Å². The molecule has 13 heavy (non-hydrogen) atoms. The van der Waals surface area contributed by atoms with Crippen molar-refractivity contribution in [1.29, 1.82) is 4.78 Å². The van der Waals surface area contributed by atoms with Crippen LogP contribution in [0.5, 0.6) is 0 Å². The van der Waals surface area contributed by atoms with Gasteiger partial charge in [0.15, 0.2) is 0 Å². The molecule has 1 unspecified atom stereocenters. The number of hydrogen-bond donors (Lipinski definition) is 1. The molecule has 0 bridgehead atoms. The van der Waals surface area contributed by atoms with Crippen LogP contribution < -0.4 is 0 Å². The quantitative estimate of drug-likeness (QED) is 0.693. The molecule has 80 valence electrons. The molecule has 0 fully saturated rings. The van der Waals surface area contributed by atoms with Gasteiger partial charge in [-0.1, -0.05) is 7.77 Å². The van der Waals surface area contributed by atoms with E-state index >= 15 is 0 Å². The molecule has 0 radical (unpaired) electrons. The van der Waals surface area contributed by atoms with Crippen LogP contribution in [0.1, 0.15) is 0 Å². The Labute approximate surface area is 72.2 Å². The molecular weight excluding hydrogens is 261 g/mol. The van der Waals surface area contributed by atoms with Gasteiger partial charge in [0.1, 0.15) is 0 Å². The molecular formula is HF3N2O5S3. The SMILES string of the molecule is N=S(=O)(F)N(S(=O)(=O)F)S(=O)(=O)F. The first-order chi connectivity index (χ1) is 5.37. The Kier molecular flexibility index (Phi) is 2.98. The van der Waals surface area contributed by atoms with Crippen LogP contribution in [0.2, 0.25) is 0 Å². The first-order valence-corrected chi connectivity index (χ1v) is 6.14. The lowest BCUT2D eigenvalue weighted by Crippen LogP contribution is -2.33. The van der Waals surface area contributed by atoms with Gasteiger partial charge in [0.2, 0.25) is 0 Å². The van der Waals surface area contributed by atoms with E-state index in [1.165, 1.54) is 0 Å². The van der Waals surface area contributed by atoms with Crippen molar-refractivity contribution in [1.82, 2.24) is 3.12 Å². The monoisotopic (exact) mass is 262 g/mol. The number of nitrogens with one attached hydrogen (secondary N) is 1. The summed E-state index contributed by atoms with van der Waals surface area (Å²) in [6.45, 7) is 0. The fourth-order valence-corrected chi connectivity index (χ4v) is 3.02. The van der Waals surface area contributed by atoms with E-state index in [0.29, 0.717) is 0 Å². The van der Waals surface area contributed by atoms with E-state index in [1.807, 2.05) is 0 Å². The average Bonchev–Trinajstić information content (AvgIpc) is 1.44. The zero-order chi connectivity index (χ0) is 11.1. The van der Waals surface area contributed by atoms with Crippen LogP contribution >= 0.6 is 0 Å². The Hall–Kier alpha value is -0.400. The van der Waals surface area contributed by atoms with Crippen molar-refractivity contribution in [2.75, 3.05) is 0 Å². The summed E-state index contributed by atoms with van der Waals surface area (Å²) in [6.07, 6.45) is 0. The maximum absolute atomic E-state index is 11.9. The van der Waals surface area contributed by atoms with Crippen molar-refractivity contribution >= 4 is 31.1 Å². The van der Waals surface area contributed by atoms with Gasteiger partial charge in [-0.05, 0) is 0 Å². The van der Waals surface area contributed by atoms with Gasteiger partial charge >= 0.3 is 20.8 Å². The van der Waals surface area contributed by atoms with Gasteiger partial charge in [-0.3, -0.25) is 0 Å².